The number of H-pyrrole nitrogens is 2. The number of thioether (sulfide) groups is 3. The van der Waals surface area contributed by atoms with Gasteiger partial charge >= 0.3 is 5.20 Å². The van der Waals surface area contributed by atoms with Crippen LogP contribution in [-0.4, -0.2) is 132 Å². The summed E-state index contributed by atoms with van der Waals surface area (Å²) in [6, 6.07) is 48.2. The Labute approximate surface area is 889 Å². The number of anilines is 7. The summed E-state index contributed by atoms with van der Waals surface area (Å²) >= 11 is 41.7. The third kappa shape index (κ3) is 33.7. The van der Waals surface area contributed by atoms with Gasteiger partial charge in [0.1, 0.15) is 96.5 Å². The van der Waals surface area contributed by atoms with Gasteiger partial charge in [-0.3, -0.25) is 33.3 Å². The molecule has 13 aromatic rings. The van der Waals surface area contributed by atoms with Gasteiger partial charge in [-0.25, -0.2) is 34.9 Å². The number of aromatic nitrogens is 10. The molecule has 34 nitrogen and oxygen atoms in total. The highest BCUT2D eigenvalue weighted by Gasteiger charge is 2.46. The van der Waals surface area contributed by atoms with Crippen molar-refractivity contribution in [3.63, 3.8) is 0 Å². The van der Waals surface area contributed by atoms with Crippen molar-refractivity contribution in [2.45, 2.75) is 150 Å². The Hall–Kier alpha value is -12.2. The summed E-state index contributed by atoms with van der Waals surface area (Å²) in [6.07, 6.45) is 22.6. The number of nitrogens with zero attached hydrogens (tertiary/aromatic N) is 10. The maximum absolute atomic E-state index is 12.6. The molecule has 0 bridgehead atoms. The maximum Gasteiger partial charge on any atom is 0.339 e. The van der Waals surface area contributed by atoms with Crippen molar-refractivity contribution in [3.8, 4) is 34.8 Å². The second-order valence-electron chi connectivity index (χ2n) is 31.5. The molecule has 762 valence electrons. The van der Waals surface area contributed by atoms with E-state index in [4.69, 9.17) is 87.9 Å². The normalized spacial score (nSPS) is 12.7. The summed E-state index contributed by atoms with van der Waals surface area (Å²) in [4.78, 5) is 105. The molecule has 2 fully saturated rings. The Balaban J connectivity index is 0.000000203. The smallest absolute Gasteiger partial charge is 0.339 e. The fourth-order valence-corrected chi connectivity index (χ4v) is 19.9. The number of primary amides is 2. The van der Waals surface area contributed by atoms with Crippen molar-refractivity contribution in [2.75, 3.05) is 87.5 Å². The number of hydrogen-bond acceptors (Lipinski definition) is 34. The van der Waals surface area contributed by atoms with Gasteiger partial charge in [0.2, 0.25) is 5.91 Å². The molecule has 2 saturated carbocycles. The molecule has 0 radical (unpaired) electrons. The zero-order chi connectivity index (χ0) is 104. The standard InChI is InChI=1S/C19H23N5OS.C14H18N2O.C13H14ClN3OS.C13H11N3O2S2.C13H15N3O2S.C12H13N3O2S2.C9H9NOS.C3H4N2O.CH4.Cl3OP/c1-11-8-12(23-17-15(26-2)16(20)21-10-22-17)9-13-14(11)18(25)24-19(13)6-4-3-5-7-19;1-9-7-10(15)8-11-12(9)13(17)16-14(11)5-3-2-4-6-14;1-18-10-5-3-9(4-6-10)7-15-13-11(19-2)12(14)16-8-17-13;1-18-9-4-2-8(3-5-9)6-16-11-10(20-13(16)19)12(17)15-7-14-11;1-18-10-5-3-9(4-6-10)7-14-12-11(19-2)13(17)16-8-15-12;1-17-8-4-2-7(3-5-8)6-15-10(13)9(11(14)16)19-12(15)18;1-11-9-4-2-8(3-5-9)6-10-7-12;4-2-1-3(5)6;;1-5(2,3)4/h8-10H,3-7H2,1-2H3,(H,24,25)(H3,20,21,22,23);7-8H,2-6,15H2,1H3,(H,16,17);3-6,8H,7H2,1-2H3,(H,15,16,17);2-5,7H,6H2,1H3,(H,14,15,17);3-6,8H,7H2,1-2H3,(H2,14,15,16,17);2-5H,6,13H2,1H3,(H2,14,16);2-5H,6H2,1H3;1H2,(H2,5,6);1H4;. The fraction of sp³-hybridized carbons (Fsp3) is 0.299. The number of methoxy groups -OCH3 is 5. The predicted molar refractivity (Wildman–Crippen MR) is 591 cm³/mol. The number of benzene rings is 7. The Morgan fingerprint density at radius 2 is 0.972 bits per heavy atom. The third-order valence-corrected chi connectivity index (χ3v) is 28.0. The van der Waals surface area contributed by atoms with Crippen LogP contribution in [0.3, 0.4) is 0 Å². The predicted octanol–water partition coefficient (Wildman–Crippen LogP) is 21.5. The number of carbonyl (C=O) groups is 4. The number of ether oxygens (including phenoxy) is 5. The number of aromatic amines is 2. The van der Waals surface area contributed by atoms with E-state index in [1.165, 1.54) is 97.6 Å². The number of amides is 4. The molecule has 2 aliphatic heterocycles. The first-order valence-corrected chi connectivity index (χ1v) is 55.0. The van der Waals surface area contributed by atoms with Crippen molar-refractivity contribution < 1.29 is 47.4 Å². The SMILES string of the molecule is C.COc1ccc(CN=C=S)cc1.COc1ccc(CNc2nc[nH]c(=O)c2SC)cc1.COc1ccc(CNc2ncnc(Cl)c2SC)cc1.COc1ccc(Cn2c(=S)sc3c(=O)[nH]cnc32)cc1.COc1ccc(Cn2c(N)c(C(N)=O)sc2=S)cc1.CSc1c(N)ncnc1Nc1cc(C)c2c(c1)C1(CCCCC1)NC2=O.Cc1cc(N)cc2c1C(=O)NC21CCCCC1.N#CCC(N)=O.O=P(Cl)(Cl)Cl. The van der Waals surface area contributed by atoms with E-state index in [0.717, 1.165) is 167 Å². The van der Waals surface area contributed by atoms with Gasteiger partial charge in [-0.15, -0.1) is 35.3 Å². The number of nitriles is 1. The minimum atomic E-state index is -3.22. The van der Waals surface area contributed by atoms with Crippen LogP contribution in [-0.2, 0) is 53.2 Å². The number of carbonyl (C=O) groups excluding carboxylic acids is 4. The van der Waals surface area contributed by atoms with Crippen LogP contribution in [0.25, 0.3) is 10.3 Å². The first-order valence-electron chi connectivity index (χ1n) is 43.6. The largest absolute Gasteiger partial charge is 0.497 e. The zero-order valence-electron chi connectivity index (χ0n) is 79.5. The van der Waals surface area contributed by atoms with Crippen LogP contribution >= 0.6 is 145 Å². The van der Waals surface area contributed by atoms with Crippen LogP contribution in [0.1, 0.15) is 159 Å². The van der Waals surface area contributed by atoms with Crippen molar-refractivity contribution >= 4 is 225 Å². The molecule has 8 heterocycles. The van der Waals surface area contributed by atoms with Crippen molar-refractivity contribution in [2.24, 2.45) is 16.5 Å². The van der Waals surface area contributed by atoms with Crippen LogP contribution in [0.15, 0.2) is 200 Å². The lowest BCUT2D eigenvalue weighted by Gasteiger charge is -2.34. The van der Waals surface area contributed by atoms with E-state index in [1.807, 2.05) is 177 Å². The number of halogens is 4. The number of nitrogens with two attached hydrogens (primary N) is 5. The molecular formula is C97H111Cl4N22O12PS8. The molecule has 2 aliphatic carbocycles. The number of nitrogens with one attached hydrogen (secondary N) is 7. The van der Waals surface area contributed by atoms with Gasteiger partial charge in [0.15, 0.2) is 13.6 Å². The molecule has 0 unspecified atom stereocenters. The van der Waals surface area contributed by atoms with Crippen LogP contribution in [0.2, 0.25) is 5.15 Å². The fourth-order valence-electron chi connectivity index (χ4n) is 15.4. The van der Waals surface area contributed by atoms with E-state index in [9.17, 15) is 33.3 Å². The quantitative estimate of drug-likeness (QED) is 0.00667. The Morgan fingerprint density at radius 3 is 1.41 bits per heavy atom. The molecule has 144 heavy (non-hydrogen) atoms. The summed E-state index contributed by atoms with van der Waals surface area (Å²) < 4.78 is 40.3. The molecule has 7 aromatic carbocycles. The van der Waals surface area contributed by atoms with E-state index in [0.29, 0.717) is 89.2 Å². The van der Waals surface area contributed by atoms with Crippen LogP contribution in [0.5, 0.6) is 28.7 Å². The maximum atomic E-state index is 12.6. The number of aliphatic imine (C=N–C) groups is 1. The highest BCUT2D eigenvalue weighted by molar-refractivity contribution is 8.24. The Bertz CT molecular complexity index is 6930. The molecule has 4 aliphatic rings. The summed E-state index contributed by atoms with van der Waals surface area (Å²) in [5.41, 5.74) is 40.7. The Kier molecular flexibility index (Phi) is 46.8. The molecule has 2 spiro atoms. The highest BCUT2D eigenvalue weighted by Crippen LogP contribution is 2.61. The molecule has 17 rings (SSSR count). The number of rotatable bonds is 24. The third-order valence-electron chi connectivity index (χ3n) is 22.2. The van der Waals surface area contributed by atoms with Crippen molar-refractivity contribution in [1.29, 1.82) is 5.26 Å². The number of thiocarbonyl (C=S) groups is 1. The average Bonchev–Trinajstić information content (AvgIpc) is 1.63. The van der Waals surface area contributed by atoms with E-state index in [-0.39, 0.29) is 47.9 Å². The first-order chi connectivity index (χ1) is 68.5. The van der Waals surface area contributed by atoms with E-state index in [1.54, 1.807) is 46.2 Å². The molecule has 47 heteroatoms. The van der Waals surface area contributed by atoms with Gasteiger partial charge < -0.3 is 98.0 Å². The topological polar surface area (TPSA) is 511 Å². The number of aryl methyl sites for hydroxylation is 2. The second-order valence-corrected chi connectivity index (χ2v) is 44.4. The Morgan fingerprint density at radius 1 is 0.556 bits per heavy atom. The van der Waals surface area contributed by atoms with E-state index >= 15 is 0 Å². The van der Waals surface area contributed by atoms with E-state index in [2.05, 4.69) is 134 Å². The first kappa shape index (κ1) is 117. The number of thiazole rings is 2. The number of fused-ring (bicyclic) bond motifs is 5. The van der Waals surface area contributed by atoms with E-state index < -0.39 is 17.0 Å². The van der Waals surface area contributed by atoms with Gasteiger partial charge in [0.05, 0.1) is 99.9 Å². The lowest BCUT2D eigenvalue weighted by Crippen LogP contribution is -2.40. The van der Waals surface area contributed by atoms with Crippen LogP contribution in [0, 0.1) is 33.1 Å². The van der Waals surface area contributed by atoms with Crippen LogP contribution in [0.4, 0.5) is 40.5 Å². The minimum Gasteiger partial charge on any atom is -0.497 e. The number of isothiocyanates is 1. The molecule has 4 amide bonds. The van der Waals surface area contributed by atoms with Gasteiger partial charge in [0, 0.05) is 35.6 Å². The summed E-state index contributed by atoms with van der Waals surface area (Å²) in [7, 11) is 8.18. The molecular weight excluding hydrogens is 2090 g/mol. The molecule has 6 aromatic heterocycles. The van der Waals surface area contributed by atoms with Gasteiger partial charge in [-0.2, -0.15) is 5.26 Å². The molecule has 17 N–H and O–H groups in total. The van der Waals surface area contributed by atoms with Gasteiger partial charge in [0.25, 0.3) is 28.8 Å². The molecule has 0 saturated heterocycles. The summed E-state index contributed by atoms with van der Waals surface area (Å²) in [5, 5.41) is 23.6. The number of nitrogen functional groups attached to an aromatic ring is 3. The van der Waals surface area contributed by atoms with Gasteiger partial charge in [-0.1, -0.05) is 141 Å². The molecule has 0 atom stereocenters. The summed E-state index contributed by atoms with van der Waals surface area (Å²) in [5.74, 6) is 5.96. The van der Waals surface area contributed by atoms with Crippen molar-refractivity contribution in [3.05, 3.63) is 271 Å². The highest BCUT2D eigenvalue weighted by atomic mass is 36.0. The summed E-state index contributed by atoms with van der Waals surface area (Å²) in [6.45, 7) is 6.91. The van der Waals surface area contributed by atoms with Gasteiger partial charge in [-0.05, 0) is 264 Å². The minimum absolute atomic E-state index is 0. The lowest BCUT2D eigenvalue weighted by atomic mass is 9.77. The number of hydrogen-bond donors (Lipinski definition) is 12. The average molecular weight is 2210 g/mol. The zero-order valence-corrected chi connectivity index (χ0v) is 89.9. The monoisotopic (exact) mass is 2200 g/mol. The lowest BCUT2D eigenvalue weighted by molar-refractivity contribution is -0.117. The van der Waals surface area contributed by atoms with Crippen LogP contribution < -0.4 is 90.1 Å². The second kappa shape index (κ2) is 57.5. The van der Waals surface area contributed by atoms with Crippen molar-refractivity contribution in [1.82, 2.24) is 59.6 Å².